The molecule has 710 valence electrons. The molecule has 0 atom stereocenters. The standard InChI is InChI=1S/C54H60N2O2.C48H48N2O2.4C7H7.Hf.Zr/c1-51(2,3)37-29-35(49(57)47(31-37)53(7)43-23-15-11-19-39(43)40-20-12-16-24-44(40)53)33-55(9)27-28-56(10)34-36-30-38(52(4,5)6)32-48(50(36)58)54(8)45-25-17-13-21-41(45)42-22-14-18-26-46(42)54;1-31-25-33(45(51)43(27-31)47(3)39-19-11-7-15-35(39)36-16-8-12-20-40(36)47)29-49(5)23-24-50(6)30-34-26-32(2)28-44(46(34)52)48(4)41-21-13-9-17-37(41)38-18-10-14-22-42(38)48;4*1-7-5-3-2-4-6-7;;/h11-26,29-32,57-58H,27-28,33-34H2,1-10H3;7-22,25-28,51-52H,23-24,29-30H2,1-6H3;4*2-6H,1H2;;/q;;4*-1;;+2. The Balaban J connectivity index is 0.000000182. The number of hydrogen-bond acceptors (Lipinski definition) is 8. The summed E-state index contributed by atoms with van der Waals surface area (Å²) in [6.45, 7) is 47.4. The molecule has 0 radical (unpaired) electrons. The molecule has 16 aromatic rings. The average Bonchev–Trinajstić information content (AvgIpc) is 1.56. The van der Waals surface area contributed by atoms with Crippen LogP contribution in [0.4, 0.5) is 0 Å². The maximum absolute atomic E-state index is 12.3. The van der Waals surface area contributed by atoms with Crippen molar-refractivity contribution in [1.82, 2.24) is 19.6 Å². The Morgan fingerprint density at radius 3 is 0.550 bits per heavy atom. The van der Waals surface area contributed by atoms with Gasteiger partial charge in [-0.05, 0) is 181 Å². The number of aromatic hydroxyl groups is 4. The first-order chi connectivity index (χ1) is 66.0. The van der Waals surface area contributed by atoms with Crippen LogP contribution in [0.15, 0.2) is 364 Å². The maximum atomic E-state index is 12.3. The number of fused-ring (bicyclic) bond motifs is 12. The first kappa shape index (κ1) is 105. The molecule has 0 saturated carbocycles. The summed E-state index contributed by atoms with van der Waals surface area (Å²) in [6.07, 6.45) is 0. The van der Waals surface area contributed by atoms with E-state index in [-0.39, 0.29) is 62.9 Å². The van der Waals surface area contributed by atoms with Gasteiger partial charge in [-0.1, -0.05) is 320 Å². The van der Waals surface area contributed by atoms with Crippen molar-refractivity contribution in [3.05, 3.63) is 525 Å². The minimum absolute atomic E-state index is 0. The summed E-state index contributed by atoms with van der Waals surface area (Å²) in [5.74, 6) is 1.51. The summed E-state index contributed by atoms with van der Waals surface area (Å²) in [5, 5.41) is 48.5. The third-order valence-corrected chi connectivity index (χ3v) is 28.7. The minimum atomic E-state index is -0.492. The smallest absolute Gasteiger partial charge is 0.507 e. The number of phenolic OH excluding ortho intramolecular Hbond substituents is 4. The molecule has 16 aromatic carbocycles. The molecule has 0 saturated heterocycles. The fraction of sp³-hybridized carbons (Fsp3) is 0.231. The molecule has 4 aliphatic carbocycles. The van der Waals surface area contributed by atoms with E-state index in [1.807, 2.05) is 121 Å². The number of nitrogens with zero attached hydrogens (tertiary/aromatic N) is 4. The van der Waals surface area contributed by atoms with E-state index in [4.69, 9.17) is 0 Å². The molecule has 20 rings (SSSR count). The number of aryl methyl sites for hydroxylation is 2. The summed E-state index contributed by atoms with van der Waals surface area (Å²) in [7, 11) is 8.53. The van der Waals surface area contributed by atoms with Crippen molar-refractivity contribution < 1.29 is 72.5 Å². The normalized spacial score (nSPS) is 13.4. The molecule has 8 nitrogen and oxygen atoms in total. The van der Waals surface area contributed by atoms with Crippen molar-refractivity contribution >= 4 is 0 Å². The van der Waals surface area contributed by atoms with Gasteiger partial charge >= 0.3 is 26.2 Å². The second-order valence-corrected chi connectivity index (χ2v) is 41.0. The molecule has 140 heavy (non-hydrogen) atoms. The van der Waals surface area contributed by atoms with Gasteiger partial charge in [0.2, 0.25) is 0 Å². The third kappa shape index (κ3) is 22.1. The number of likely N-dealkylation sites (N-methyl/N-ethyl adjacent to an activating group) is 4. The summed E-state index contributed by atoms with van der Waals surface area (Å²) in [5.41, 5.74) is 34.3. The summed E-state index contributed by atoms with van der Waals surface area (Å²) >= 11 is 0. The van der Waals surface area contributed by atoms with Crippen molar-refractivity contribution in [2.75, 3.05) is 54.4 Å². The third-order valence-electron chi connectivity index (χ3n) is 28.7. The van der Waals surface area contributed by atoms with Crippen LogP contribution < -0.4 is 0 Å². The molecule has 0 unspecified atom stereocenters. The first-order valence-corrected chi connectivity index (χ1v) is 48.4. The molecule has 0 bridgehead atoms. The van der Waals surface area contributed by atoms with Crippen LogP contribution in [0, 0.1) is 41.5 Å². The Hall–Kier alpha value is -12.2. The largest absolute Gasteiger partial charge is 2.00 e. The predicted molar refractivity (Wildman–Crippen MR) is 578 cm³/mol. The van der Waals surface area contributed by atoms with Gasteiger partial charge in [0.15, 0.2) is 0 Å². The average molecular weight is 2090 g/mol. The van der Waals surface area contributed by atoms with Crippen molar-refractivity contribution in [3.63, 3.8) is 0 Å². The van der Waals surface area contributed by atoms with Gasteiger partial charge < -0.3 is 40.0 Å². The molecule has 4 aliphatic rings. The molecule has 0 spiro atoms. The molecular weight excluding hydrogens is 1950 g/mol. The quantitative estimate of drug-likeness (QED) is 0.0499. The van der Waals surface area contributed by atoms with Gasteiger partial charge in [-0.25, -0.2) is 0 Å². The number of benzene rings is 16. The van der Waals surface area contributed by atoms with Crippen molar-refractivity contribution in [2.45, 2.75) is 142 Å². The van der Waals surface area contributed by atoms with Crippen molar-refractivity contribution in [1.29, 1.82) is 0 Å². The molecule has 4 N–H and O–H groups in total. The Morgan fingerprint density at radius 2 is 0.386 bits per heavy atom. The van der Waals surface area contributed by atoms with E-state index in [0.29, 0.717) is 49.2 Å². The van der Waals surface area contributed by atoms with Gasteiger partial charge in [-0.3, -0.25) is 0 Å². The van der Waals surface area contributed by atoms with Gasteiger partial charge in [0.05, 0.1) is 0 Å². The van der Waals surface area contributed by atoms with Crippen molar-refractivity contribution in [2.24, 2.45) is 0 Å². The zero-order valence-electron chi connectivity index (χ0n) is 84.7. The van der Waals surface area contributed by atoms with Gasteiger partial charge in [-0.2, -0.15) is 98.5 Å². The molecule has 10 heteroatoms. The molecule has 0 heterocycles. The van der Waals surface area contributed by atoms with E-state index in [1.54, 1.807) is 0 Å². The van der Waals surface area contributed by atoms with Crippen LogP contribution in [0.2, 0.25) is 0 Å². The van der Waals surface area contributed by atoms with E-state index in [9.17, 15) is 20.4 Å². The number of hydrogen-bond donors (Lipinski definition) is 4. The van der Waals surface area contributed by atoms with Gasteiger partial charge in [0, 0.05) is 144 Å². The van der Waals surface area contributed by atoms with E-state index in [0.717, 1.165) is 104 Å². The number of phenols is 4. The second kappa shape index (κ2) is 44.7. The van der Waals surface area contributed by atoms with Crippen LogP contribution >= 0.6 is 0 Å². The SMILES string of the molecule is CN(CCN(C)Cc1cc(C(C)(C)C)cc(C2(C)c3ccccc3-c3ccccc32)c1O)Cc1cc(C(C)(C)C)cc(C2(C)c3ccccc3-c3ccccc32)c1O.Cc1cc(CN(C)CCN(C)Cc2cc(C)cc(C3(C)c4ccccc4-c4ccccc43)c2O)c(O)c(C2(C)c3ccccc3-c3ccccc32)c1.[CH2-]c1ccccc1.[CH2-]c1ccccc1.[CH2-]c1ccccc1.[CH2-]c1ccccc1.[Hf].[Zr+2]. The Morgan fingerprint density at radius 1 is 0.229 bits per heavy atom. The summed E-state index contributed by atoms with van der Waals surface area (Å²) in [6, 6.07) is 126. The van der Waals surface area contributed by atoms with Crippen LogP contribution in [-0.4, -0.2) is 94.4 Å². The topological polar surface area (TPSA) is 93.9 Å². The zero-order chi connectivity index (χ0) is 98.2. The monoisotopic (exact) mass is 2090 g/mol. The molecule has 0 aliphatic heterocycles. The minimum Gasteiger partial charge on any atom is -0.507 e. The van der Waals surface area contributed by atoms with Gasteiger partial charge in [0.25, 0.3) is 0 Å². The predicted octanol–water partition coefficient (Wildman–Crippen LogP) is 29.3. The molecule has 0 amide bonds. The van der Waals surface area contributed by atoms with E-state index in [2.05, 4.69) is 401 Å². The summed E-state index contributed by atoms with van der Waals surface area (Å²) in [4.78, 5) is 9.18. The van der Waals surface area contributed by atoms with E-state index >= 15 is 0 Å². The van der Waals surface area contributed by atoms with Crippen molar-refractivity contribution in [3.8, 4) is 67.5 Å². The Kier molecular flexibility index (Phi) is 33.6. The second-order valence-electron chi connectivity index (χ2n) is 41.0. The van der Waals surface area contributed by atoms with E-state index < -0.39 is 21.7 Å². The van der Waals surface area contributed by atoms with Crippen LogP contribution in [-0.2, 0) is 111 Å². The Bertz CT molecular complexity index is 6290. The molecular formula is C130H136HfN4O4Zr-2. The van der Waals surface area contributed by atoms with Crippen LogP contribution in [0.1, 0.15) is 203 Å². The first-order valence-electron chi connectivity index (χ1n) is 48.4. The molecule has 0 aromatic heterocycles. The molecule has 0 fully saturated rings. The zero-order valence-corrected chi connectivity index (χ0v) is 90.8. The van der Waals surface area contributed by atoms with Crippen LogP contribution in [0.25, 0.3) is 44.5 Å². The van der Waals surface area contributed by atoms with Gasteiger partial charge in [-0.15, -0.1) is 48.5 Å². The van der Waals surface area contributed by atoms with Crippen LogP contribution in [0.5, 0.6) is 23.0 Å². The Labute approximate surface area is 873 Å². The fourth-order valence-corrected chi connectivity index (χ4v) is 21.0. The van der Waals surface area contributed by atoms with Crippen LogP contribution in [0.3, 0.4) is 0 Å². The van der Waals surface area contributed by atoms with Gasteiger partial charge in [0.1, 0.15) is 23.0 Å². The number of rotatable bonds is 18. The fourth-order valence-electron chi connectivity index (χ4n) is 21.0. The maximum Gasteiger partial charge on any atom is 2.00 e. The summed E-state index contributed by atoms with van der Waals surface area (Å²) < 4.78 is 0. The van der Waals surface area contributed by atoms with E-state index in [1.165, 1.54) is 100 Å².